The van der Waals surface area contributed by atoms with Crippen molar-refractivity contribution in [1.29, 1.82) is 0 Å². The zero-order valence-corrected chi connectivity index (χ0v) is 11.0. The van der Waals surface area contributed by atoms with Crippen LogP contribution >= 0.6 is 11.6 Å². The van der Waals surface area contributed by atoms with Crippen LogP contribution < -0.4 is 5.73 Å². The van der Waals surface area contributed by atoms with Gasteiger partial charge in [-0.2, -0.15) is 0 Å². The fourth-order valence-electron chi connectivity index (χ4n) is 1.50. The molecule has 1 rings (SSSR count). The summed E-state index contributed by atoms with van der Waals surface area (Å²) in [6, 6.07) is 4.92. The first-order valence-electron chi connectivity index (χ1n) is 5.04. The van der Waals surface area contributed by atoms with Gasteiger partial charge < -0.3 is 5.73 Å². The first-order chi connectivity index (χ1) is 7.30. The van der Waals surface area contributed by atoms with Crippen molar-refractivity contribution in [2.75, 3.05) is 11.5 Å². The van der Waals surface area contributed by atoms with E-state index in [9.17, 15) is 8.42 Å². The first-order valence-corrected chi connectivity index (χ1v) is 7.24. The lowest BCUT2D eigenvalue weighted by atomic mass is 10.2. The molecule has 0 aromatic heterocycles. The van der Waals surface area contributed by atoms with E-state index in [1.54, 1.807) is 18.2 Å². The number of hydrogen-bond donors (Lipinski definition) is 1. The summed E-state index contributed by atoms with van der Waals surface area (Å²) in [5, 5.41) is 0.449. The van der Waals surface area contributed by atoms with E-state index in [0.717, 1.165) is 0 Å². The van der Waals surface area contributed by atoms with Crippen molar-refractivity contribution in [1.82, 2.24) is 0 Å². The summed E-state index contributed by atoms with van der Waals surface area (Å²) in [7, 11) is -3.06. The molecule has 0 spiro atoms. The molecule has 5 heteroatoms. The van der Waals surface area contributed by atoms with Crippen LogP contribution in [0.25, 0.3) is 0 Å². The molecule has 0 radical (unpaired) electrons. The number of anilines is 1. The maximum atomic E-state index is 11.7. The molecule has 2 N–H and O–H groups in total. The molecule has 3 nitrogen and oxygen atoms in total. The second-order valence-electron chi connectivity index (χ2n) is 4.30. The molecule has 0 aliphatic heterocycles. The van der Waals surface area contributed by atoms with Crippen LogP contribution in [-0.4, -0.2) is 14.2 Å². The SMILES string of the molecule is CC(C)CS(=O)(=O)Cc1ccc(Cl)c(N)c1. The van der Waals surface area contributed by atoms with Crippen molar-refractivity contribution in [2.24, 2.45) is 5.92 Å². The number of nitrogen functional groups attached to an aromatic ring is 1. The smallest absolute Gasteiger partial charge is 0.154 e. The van der Waals surface area contributed by atoms with Gasteiger partial charge in [0.25, 0.3) is 0 Å². The van der Waals surface area contributed by atoms with Gasteiger partial charge in [-0.25, -0.2) is 8.42 Å². The minimum absolute atomic E-state index is 0.0204. The Bertz CT molecular complexity index is 469. The summed E-state index contributed by atoms with van der Waals surface area (Å²) >= 11 is 5.76. The molecule has 0 aliphatic rings. The quantitative estimate of drug-likeness (QED) is 0.847. The number of halogens is 1. The predicted octanol–water partition coefficient (Wildman–Crippen LogP) is 2.49. The Kier molecular flexibility index (Phi) is 4.21. The fraction of sp³-hybridized carbons (Fsp3) is 0.455. The van der Waals surface area contributed by atoms with Crippen molar-refractivity contribution < 1.29 is 8.42 Å². The standard InChI is InChI=1S/C11H16ClNO2S/c1-8(2)6-16(14,15)7-9-3-4-10(12)11(13)5-9/h3-5,8H,6-7,13H2,1-2H3. The molecule has 90 valence electrons. The highest BCUT2D eigenvalue weighted by Crippen LogP contribution is 2.21. The third kappa shape index (κ3) is 4.02. The first kappa shape index (κ1) is 13.3. The zero-order valence-electron chi connectivity index (χ0n) is 9.40. The summed E-state index contributed by atoms with van der Waals surface area (Å²) in [5.74, 6) is 0.344. The number of sulfone groups is 1. The predicted molar refractivity (Wildman–Crippen MR) is 68.2 cm³/mol. The lowest BCUT2D eigenvalue weighted by Crippen LogP contribution is -2.13. The fourth-order valence-corrected chi connectivity index (χ4v) is 3.44. The molecule has 0 bridgehead atoms. The highest BCUT2D eigenvalue weighted by atomic mass is 35.5. The lowest BCUT2D eigenvalue weighted by Gasteiger charge is -2.08. The number of benzene rings is 1. The average Bonchev–Trinajstić information content (AvgIpc) is 2.08. The summed E-state index contributed by atoms with van der Waals surface area (Å²) in [5.41, 5.74) is 6.71. The summed E-state index contributed by atoms with van der Waals surface area (Å²) in [6.07, 6.45) is 0. The van der Waals surface area contributed by atoms with Gasteiger partial charge >= 0.3 is 0 Å². The normalized spacial score (nSPS) is 12.0. The summed E-state index contributed by atoms with van der Waals surface area (Å²) in [4.78, 5) is 0. The Hall–Kier alpha value is -0.740. The molecule has 0 fully saturated rings. The van der Waals surface area contributed by atoms with E-state index in [1.807, 2.05) is 13.8 Å². The Labute approximate surface area is 102 Å². The van der Waals surface area contributed by atoms with Crippen molar-refractivity contribution in [2.45, 2.75) is 19.6 Å². The van der Waals surface area contributed by atoms with Crippen LogP contribution in [0.3, 0.4) is 0 Å². The van der Waals surface area contributed by atoms with E-state index in [0.29, 0.717) is 16.3 Å². The van der Waals surface area contributed by atoms with Crippen LogP contribution in [-0.2, 0) is 15.6 Å². The van der Waals surface area contributed by atoms with Crippen molar-refractivity contribution in [3.63, 3.8) is 0 Å². The topological polar surface area (TPSA) is 60.2 Å². The summed E-state index contributed by atoms with van der Waals surface area (Å²) in [6.45, 7) is 3.77. The number of hydrogen-bond acceptors (Lipinski definition) is 3. The second-order valence-corrected chi connectivity index (χ2v) is 6.82. The molecular weight excluding hydrogens is 246 g/mol. The van der Waals surface area contributed by atoms with Crippen LogP contribution in [0.2, 0.25) is 5.02 Å². The second kappa shape index (κ2) is 5.06. The van der Waals surface area contributed by atoms with E-state index in [1.165, 1.54) is 0 Å². The van der Waals surface area contributed by atoms with Gasteiger partial charge in [-0.3, -0.25) is 0 Å². The molecule has 0 heterocycles. The number of rotatable bonds is 4. The van der Waals surface area contributed by atoms with E-state index in [-0.39, 0.29) is 17.4 Å². The van der Waals surface area contributed by atoms with Crippen LogP contribution in [0.4, 0.5) is 5.69 Å². The van der Waals surface area contributed by atoms with Crippen molar-refractivity contribution >= 4 is 27.1 Å². The van der Waals surface area contributed by atoms with Crippen LogP contribution in [0, 0.1) is 5.92 Å². The molecule has 16 heavy (non-hydrogen) atoms. The van der Waals surface area contributed by atoms with Gasteiger partial charge in [0.2, 0.25) is 0 Å². The van der Waals surface area contributed by atoms with E-state index >= 15 is 0 Å². The zero-order chi connectivity index (χ0) is 12.3. The Morgan fingerprint density at radius 2 is 2.00 bits per heavy atom. The van der Waals surface area contributed by atoms with Gasteiger partial charge in [0.15, 0.2) is 9.84 Å². The maximum absolute atomic E-state index is 11.7. The third-order valence-electron chi connectivity index (χ3n) is 2.03. The third-order valence-corrected chi connectivity index (χ3v) is 4.33. The molecule has 1 aromatic rings. The number of nitrogens with two attached hydrogens (primary N) is 1. The van der Waals surface area contributed by atoms with Gasteiger partial charge in [-0.05, 0) is 23.6 Å². The molecule has 0 saturated carbocycles. The van der Waals surface area contributed by atoms with Crippen LogP contribution in [0.5, 0.6) is 0 Å². The largest absolute Gasteiger partial charge is 0.398 e. The maximum Gasteiger partial charge on any atom is 0.154 e. The summed E-state index contributed by atoms with van der Waals surface area (Å²) < 4.78 is 23.5. The Balaban J connectivity index is 2.84. The van der Waals surface area contributed by atoms with Gasteiger partial charge in [0, 0.05) is 0 Å². The Morgan fingerprint density at radius 3 is 2.50 bits per heavy atom. The average molecular weight is 262 g/mol. The molecule has 0 saturated heterocycles. The molecular formula is C11H16ClNO2S. The van der Waals surface area contributed by atoms with E-state index in [2.05, 4.69) is 0 Å². The minimum atomic E-state index is -3.06. The van der Waals surface area contributed by atoms with Crippen molar-refractivity contribution in [3.8, 4) is 0 Å². The highest BCUT2D eigenvalue weighted by Gasteiger charge is 2.14. The van der Waals surface area contributed by atoms with Gasteiger partial charge in [-0.1, -0.05) is 31.5 Å². The van der Waals surface area contributed by atoms with E-state index < -0.39 is 9.84 Å². The van der Waals surface area contributed by atoms with Crippen molar-refractivity contribution in [3.05, 3.63) is 28.8 Å². The van der Waals surface area contributed by atoms with Crippen LogP contribution in [0.1, 0.15) is 19.4 Å². The molecule has 0 aliphatic carbocycles. The molecule has 0 atom stereocenters. The highest BCUT2D eigenvalue weighted by molar-refractivity contribution is 7.90. The van der Waals surface area contributed by atoms with Gasteiger partial charge in [0.05, 0.1) is 22.2 Å². The van der Waals surface area contributed by atoms with Gasteiger partial charge in [0.1, 0.15) is 0 Å². The molecule has 0 amide bonds. The van der Waals surface area contributed by atoms with Gasteiger partial charge in [-0.15, -0.1) is 0 Å². The molecule has 0 unspecified atom stereocenters. The minimum Gasteiger partial charge on any atom is -0.398 e. The molecule has 1 aromatic carbocycles. The lowest BCUT2D eigenvalue weighted by molar-refractivity contribution is 0.581. The van der Waals surface area contributed by atoms with E-state index in [4.69, 9.17) is 17.3 Å². The monoisotopic (exact) mass is 261 g/mol. The van der Waals surface area contributed by atoms with Crippen LogP contribution in [0.15, 0.2) is 18.2 Å². The Morgan fingerprint density at radius 1 is 1.38 bits per heavy atom.